The van der Waals surface area contributed by atoms with Gasteiger partial charge in [-0.25, -0.2) is 0 Å². The molecule has 5 heteroatoms. The molecule has 1 N–H and O–H groups in total. The van der Waals surface area contributed by atoms with Crippen molar-refractivity contribution < 1.29 is 19.4 Å². The molecule has 0 saturated heterocycles. The number of nitrogens with zero attached hydrogens (tertiary/aromatic N) is 1. The number of benzene rings is 3. The highest BCUT2D eigenvalue weighted by Crippen LogP contribution is 2.37. The summed E-state index contributed by atoms with van der Waals surface area (Å²) in [6.07, 6.45) is 1.47. The Morgan fingerprint density at radius 2 is 1.48 bits per heavy atom. The van der Waals surface area contributed by atoms with Gasteiger partial charge in [0.1, 0.15) is 11.5 Å². The maximum Gasteiger partial charge on any atom is 0.303 e. The number of carboxylic acids is 1. The molecule has 148 valence electrons. The lowest BCUT2D eigenvalue weighted by Gasteiger charge is -2.13. The van der Waals surface area contributed by atoms with E-state index >= 15 is 0 Å². The summed E-state index contributed by atoms with van der Waals surface area (Å²) in [7, 11) is 3.33. The summed E-state index contributed by atoms with van der Waals surface area (Å²) in [5, 5.41) is 11.2. The molecule has 0 radical (unpaired) electrons. The Labute approximate surface area is 169 Å². The Morgan fingerprint density at radius 1 is 0.897 bits per heavy atom. The normalized spacial score (nSPS) is 11.1. The minimum atomic E-state index is -0.765. The third kappa shape index (κ3) is 3.51. The molecule has 29 heavy (non-hydrogen) atoms. The third-order valence-electron chi connectivity index (χ3n) is 5.25. The van der Waals surface area contributed by atoms with Crippen molar-refractivity contribution >= 4 is 27.8 Å². The summed E-state index contributed by atoms with van der Waals surface area (Å²) in [4.78, 5) is 10.9. The summed E-state index contributed by atoms with van der Waals surface area (Å²) in [6, 6.07) is 20.3. The second kappa shape index (κ2) is 7.87. The van der Waals surface area contributed by atoms with Gasteiger partial charge in [0.25, 0.3) is 0 Å². The van der Waals surface area contributed by atoms with E-state index in [4.69, 9.17) is 14.6 Å². The number of carboxylic acid groups (broad SMARTS) is 1. The summed E-state index contributed by atoms with van der Waals surface area (Å²) in [5.74, 6) is 0.835. The highest BCUT2D eigenvalue weighted by atomic mass is 16.5. The molecule has 4 rings (SSSR count). The van der Waals surface area contributed by atoms with Crippen LogP contribution in [0, 0.1) is 0 Å². The molecule has 0 bridgehead atoms. The zero-order chi connectivity index (χ0) is 20.4. The fourth-order valence-corrected chi connectivity index (χ4v) is 3.87. The summed E-state index contributed by atoms with van der Waals surface area (Å²) in [5.41, 5.74) is 4.33. The first-order valence-corrected chi connectivity index (χ1v) is 9.58. The number of aromatic nitrogens is 1. The molecule has 0 aliphatic rings. The predicted octanol–water partition coefficient (Wildman–Crippen LogP) is 5.21. The van der Waals surface area contributed by atoms with Gasteiger partial charge < -0.3 is 19.1 Å². The van der Waals surface area contributed by atoms with E-state index in [1.54, 1.807) is 14.2 Å². The molecule has 5 nitrogen and oxygen atoms in total. The fourth-order valence-electron chi connectivity index (χ4n) is 3.87. The number of fused-ring (bicyclic) bond motifs is 3. The van der Waals surface area contributed by atoms with Gasteiger partial charge in [0, 0.05) is 22.9 Å². The smallest absolute Gasteiger partial charge is 0.303 e. The summed E-state index contributed by atoms with van der Waals surface area (Å²) < 4.78 is 13.1. The van der Waals surface area contributed by atoms with Crippen molar-refractivity contribution in [3.8, 4) is 17.2 Å². The van der Waals surface area contributed by atoms with Gasteiger partial charge in [0.05, 0.1) is 25.3 Å². The van der Waals surface area contributed by atoms with Crippen LogP contribution in [0.5, 0.6) is 11.5 Å². The number of hydrogen-bond acceptors (Lipinski definition) is 3. The third-order valence-corrected chi connectivity index (χ3v) is 5.25. The van der Waals surface area contributed by atoms with E-state index in [2.05, 4.69) is 28.8 Å². The molecule has 0 amide bonds. The summed E-state index contributed by atoms with van der Waals surface area (Å²) in [6.45, 7) is 0. The van der Waals surface area contributed by atoms with Crippen molar-refractivity contribution in [2.24, 2.45) is 0 Å². The van der Waals surface area contributed by atoms with Crippen LogP contribution >= 0.6 is 0 Å². The molecule has 0 aliphatic heterocycles. The van der Waals surface area contributed by atoms with Gasteiger partial charge in [0.15, 0.2) is 0 Å². The molecule has 1 heterocycles. The number of carbonyl (C=O) groups is 1. The Kier molecular flexibility index (Phi) is 5.12. The van der Waals surface area contributed by atoms with E-state index in [9.17, 15) is 4.79 Å². The zero-order valence-corrected chi connectivity index (χ0v) is 16.5. The Balaban J connectivity index is 1.95. The van der Waals surface area contributed by atoms with Crippen molar-refractivity contribution in [2.45, 2.75) is 19.3 Å². The monoisotopic (exact) mass is 389 g/mol. The van der Waals surface area contributed by atoms with Crippen LogP contribution in [0.15, 0.2) is 60.7 Å². The molecule has 1 aromatic heterocycles. The maximum absolute atomic E-state index is 10.9. The Bertz CT molecular complexity index is 1130. The number of hydrogen-bond donors (Lipinski definition) is 1. The highest BCUT2D eigenvalue weighted by Gasteiger charge is 2.16. The molecule has 0 spiro atoms. The number of methoxy groups -OCH3 is 2. The first-order valence-electron chi connectivity index (χ1n) is 9.58. The van der Waals surface area contributed by atoms with Gasteiger partial charge in [-0.05, 0) is 60.9 Å². The number of aryl methyl sites for hydroxylation is 1. The highest BCUT2D eigenvalue weighted by molar-refractivity contribution is 6.10. The molecule has 0 aliphatic carbocycles. The quantitative estimate of drug-likeness (QED) is 0.471. The maximum atomic E-state index is 10.9. The Morgan fingerprint density at radius 3 is 2.03 bits per heavy atom. The molecule has 4 aromatic rings. The number of para-hydroxylation sites is 1. The van der Waals surface area contributed by atoms with Crippen molar-refractivity contribution in [1.82, 2.24) is 4.57 Å². The standard InChI is InChI=1S/C24H23NO4/c1-28-17-10-12-22-19(14-17)20-15-18(29-2)11-13-23(20)25(22)21-8-4-3-6-16(21)7-5-9-24(26)27/h3-4,6,8,10-15H,5,7,9H2,1-2H3,(H,26,27). The minimum absolute atomic E-state index is 0.163. The van der Waals surface area contributed by atoms with Crippen LogP contribution in [0.1, 0.15) is 18.4 Å². The van der Waals surface area contributed by atoms with E-state index in [1.807, 2.05) is 36.4 Å². The Hall–Kier alpha value is -3.47. The van der Waals surface area contributed by atoms with Crippen molar-refractivity contribution in [2.75, 3.05) is 14.2 Å². The predicted molar refractivity (Wildman–Crippen MR) is 114 cm³/mol. The average Bonchev–Trinajstić information content (AvgIpc) is 3.06. The lowest BCUT2D eigenvalue weighted by atomic mass is 10.1. The topological polar surface area (TPSA) is 60.7 Å². The largest absolute Gasteiger partial charge is 0.497 e. The molecule has 0 saturated carbocycles. The minimum Gasteiger partial charge on any atom is -0.497 e. The van der Waals surface area contributed by atoms with Gasteiger partial charge >= 0.3 is 5.97 Å². The molecule has 0 unspecified atom stereocenters. The van der Waals surface area contributed by atoms with E-state index in [-0.39, 0.29) is 6.42 Å². The van der Waals surface area contributed by atoms with Crippen LogP contribution in [0.3, 0.4) is 0 Å². The van der Waals surface area contributed by atoms with E-state index in [0.29, 0.717) is 12.8 Å². The van der Waals surface area contributed by atoms with Crippen LogP contribution in [0.25, 0.3) is 27.5 Å². The van der Waals surface area contributed by atoms with E-state index in [0.717, 1.165) is 44.6 Å². The van der Waals surface area contributed by atoms with Crippen LogP contribution in [0.2, 0.25) is 0 Å². The van der Waals surface area contributed by atoms with Crippen molar-refractivity contribution in [3.63, 3.8) is 0 Å². The van der Waals surface area contributed by atoms with Gasteiger partial charge in [-0.3, -0.25) is 4.79 Å². The number of aliphatic carboxylic acids is 1. The van der Waals surface area contributed by atoms with Crippen LogP contribution in [-0.4, -0.2) is 29.9 Å². The van der Waals surface area contributed by atoms with Gasteiger partial charge in [0.2, 0.25) is 0 Å². The van der Waals surface area contributed by atoms with Crippen LogP contribution in [0.4, 0.5) is 0 Å². The van der Waals surface area contributed by atoms with E-state index < -0.39 is 5.97 Å². The fraction of sp³-hybridized carbons (Fsp3) is 0.208. The molecular formula is C24H23NO4. The van der Waals surface area contributed by atoms with Gasteiger partial charge in [-0.15, -0.1) is 0 Å². The van der Waals surface area contributed by atoms with Crippen molar-refractivity contribution in [3.05, 3.63) is 66.2 Å². The number of ether oxygens (including phenoxy) is 2. The first kappa shape index (κ1) is 18.9. The molecule has 3 aromatic carbocycles. The number of rotatable bonds is 7. The lowest BCUT2D eigenvalue weighted by molar-refractivity contribution is -0.137. The second-order valence-electron chi connectivity index (χ2n) is 6.98. The van der Waals surface area contributed by atoms with E-state index in [1.165, 1.54) is 0 Å². The average molecular weight is 389 g/mol. The van der Waals surface area contributed by atoms with Crippen LogP contribution in [-0.2, 0) is 11.2 Å². The SMILES string of the molecule is COc1ccc2c(c1)c1cc(OC)ccc1n2-c1ccccc1CCCC(=O)O. The van der Waals surface area contributed by atoms with Gasteiger partial charge in [-0.1, -0.05) is 18.2 Å². The lowest BCUT2D eigenvalue weighted by Crippen LogP contribution is -2.01. The van der Waals surface area contributed by atoms with Crippen LogP contribution < -0.4 is 9.47 Å². The summed E-state index contributed by atoms with van der Waals surface area (Å²) >= 11 is 0. The zero-order valence-electron chi connectivity index (χ0n) is 16.5. The molecule has 0 atom stereocenters. The van der Waals surface area contributed by atoms with Gasteiger partial charge in [-0.2, -0.15) is 0 Å². The second-order valence-corrected chi connectivity index (χ2v) is 6.98. The molecular weight excluding hydrogens is 366 g/mol. The first-order chi connectivity index (χ1) is 14.1. The van der Waals surface area contributed by atoms with Crippen molar-refractivity contribution in [1.29, 1.82) is 0 Å². The molecule has 0 fully saturated rings.